The number of aryl methyl sites for hydroxylation is 1. The van der Waals surface area contributed by atoms with Gasteiger partial charge in [0.2, 0.25) is 5.89 Å². The van der Waals surface area contributed by atoms with E-state index in [0.717, 1.165) is 0 Å². The second-order valence-corrected chi connectivity index (χ2v) is 3.54. The van der Waals surface area contributed by atoms with Crippen LogP contribution in [0.4, 0.5) is 5.95 Å². The van der Waals surface area contributed by atoms with Gasteiger partial charge in [0.25, 0.3) is 11.9 Å². The van der Waals surface area contributed by atoms with Crippen LogP contribution in [0.3, 0.4) is 0 Å². The number of nitrogens with one attached hydrogen (secondary N) is 1. The molecule has 0 aliphatic carbocycles. The molecule has 1 aromatic heterocycles. The molecule has 1 aromatic carbocycles. The molecule has 5 nitrogen and oxygen atoms in total. The fourth-order valence-corrected chi connectivity index (χ4v) is 1.34. The van der Waals surface area contributed by atoms with E-state index >= 15 is 0 Å². The molecule has 1 heterocycles. The van der Waals surface area contributed by atoms with E-state index in [1.165, 1.54) is 0 Å². The third kappa shape index (κ3) is 2.38. The summed E-state index contributed by atoms with van der Waals surface area (Å²) in [7, 11) is 0. The predicted molar refractivity (Wildman–Crippen MR) is 58.4 cm³/mol. The number of aromatic nitrogens is 2. The Kier molecular flexibility index (Phi) is 2.87. The molecule has 0 aliphatic heterocycles. The molecule has 0 bridgehead atoms. The third-order valence-electron chi connectivity index (χ3n) is 1.84. The zero-order valence-electron chi connectivity index (χ0n) is 8.40. The Bertz CT molecular complexity index is 524. The quantitative estimate of drug-likeness (QED) is 0.870. The van der Waals surface area contributed by atoms with Gasteiger partial charge in [0.05, 0.1) is 0 Å². The van der Waals surface area contributed by atoms with E-state index in [0.29, 0.717) is 16.5 Å². The minimum Gasteiger partial charge on any atom is -0.338 e. The Morgan fingerprint density at radius 2 is 2.31 bits per heavy atom. The first kappa shape index (κ1) is 10.6. The fraction of sp³-hybridized carbons (Fsp3) is 0.100. The van der Waals surface area contributed by atoms with Crippen LogP contribution in [0.1, 0.15) is 16.2 Å². The van der Waals surface area contributed by atoms with E-state index in [1.807, 2.05) is 0 Å². The lowest BCUT2D eigenvalue weighted by molar-refractivity contribution is 0.102. The van der Waals surface area contributed by atoms with Crippen LogP contribution in [0.25, 0.3) is 0 Å². The first-order valence-electron chi connectivity index (χ1n) is 4.52. The van der Waals surface area contributed by atoms with E-state index in [1.54, 1.807) is 31.2 Å². The van der Waals surface area contributed by atoms with Crippen LogP contribution in [0, 0.1) is 6.92 Å². The molecule has 0 aliphatic rings. The molecule has 0 radical (unpaired) electrons. The molecule has 0 fully saturated rings. The summed E-state index contributed by atoms with van der Waals surface area (Å²) in [5.74, 6) is 0.201. The molecule has 0 saturated heterocycles. The number of hydrogen-bond acceptors (Lipinski definition) is 4. The van der Waals surface area contributed by atoms with E-state index < -0.39 is 0 Å². The summed E-state index contributed by atoms with van der Waals surface area (Å²) in [6.07, 6.45) is 0. The number of carbonyl (C=O) groups is 1. The van der Waals surface area contributed by atoms with Crippen molar-refractivity contribution in [1.82, 2.24) is 10.1 Å². The van der Waals surface area contributed by atoms with Gasteiger partial charge in [-0.3, -0.25) is 10.1 Å². The minimum absolute atomic E-state index is 0.141. The van der Waals surface area contributed by atoms with Crippen LogP contribution in [-0.2, 0) is 0 Å². The van der Waals surface area contributed by atoms with Crippen molar-refractivity contribution in [1.29, 1.82) is 0 Å². The Hall–Kier alpha value is -1.88. The van der Waals surface area contributed by atoms with Gasteiger partial charge in [-0.15, -0.1) is 0 Å². The molecule has 1 amide bonds. The maximum absolute atomic E-state index is 11.7. The second kappa shape index (κ2) is 4.32. The third-order valence-corrected chi connectivity index (χ3v) is 2.07. The first-order valence-corrected chi connectivity index (χ1v) is 4.90. The van der Waals surface area contributed by atoms with Gasteiger partial charge < -0.3 is 4.52 Å². The number of amides is 1. The molecule has 0 saturated carbocycles. The number of benzene rings is 1. The molecule has 2 aromatic rings. The van der Waals surface area contributed by atoms with E-state index in [2.05, 4.69) is 15.5 Å². The van der Waals surface area contributed by atoms with Crippen molar-refractivity contribution < 1.29 is 9.32 Å². The zero-order chi connectivity index (χ0) is 11.5. The van der Waals surface area contributed by atoms with E-state index in [-0.39, 0.29) is 11.9 Å². The number of anilines is 1. The largest absolute Gasteiger partial charge is 0.338 e. The topological polar surface area (TPSA) is 68.0 Å². The molecular formula is C10H8ClN3O2. The lowest BCUT2D eigenvalue weighted by Gasteiger charge is -2.00. The number of carbonyl (C=O) groups excluding carboxylic acids is 1. The molecule has 16 heavy (non-hydrogen) atoms. The maximum atomic E-state index is 11.7. The van der Waals surface area contributed by atoms with Crippen molar-refractivity contribution in [2.24, 2.45) is 0 Å². The fourth-order valence-electron chi connectivity index (χ4n) is 1.15. The number of rotatable bonds is 2. The van der Waals surface area contributed by atoms with E-state index in [4.69, 9.17) is 16.1 Å². The van der Waals surface area contributed by atoms with Crippen LogP contribution in [0.2, 0.25) is 5.02 Å². The van der Waals surface area contributed by atoms with Crippen molar-refractivity contribution in [3.63, 3.8) is 0 Å². The standard InChI is InChI=1S/C10H8ClN3O2/c1-6-12-10(14-16-6)13-9(15)7-3-2-4-8(11)5-7/h2-5H,1H3,(H,13,14,15). The normalized spacial score (nSPS) is 10.1. The zero-order valence-corrected chi connectivity index (χ0v) is 9.15. The summed E-state index contributed by atoms with van der Waals surface area (Å²) in [5.41, 5.74) is 0.440. The number of hydrogen-bond donors (Lipinski definition) is 1. The van der Waals surface area contributed by atoms with Crippen LogP contribution >= 0.6 is 11.6 Å². The molecule has 0 unspecified atom stereocenters. The summed E-state index contributed by atoms with van der Waals surface area (Å²) in [5, 5.41) is 6.54. The van der Waals surface area contributed by atoms with E-state index in [9.17, 15) is 4.79 Å². The Labute approximate surface area is 96.4 Å². The summed E-state index contributed by atoms with van der Waals surface area (Å²) in [4.78, 5) is 15.5. The predicted octanol–water partition coefficient (Wildman–Crippen LogP) is 2.28. The maximum Gasteiger partial charge on any atom is 0.270 e. The van der Waals surface area contributed by atoms with Crippen molar-refractivity contribution in [3.8, 4) is 0 Å². The van der Waals surface area contributed by atoms with Gasteiger partial charge in [0.15, 0.2) is 0 Å². The molecule has 6 heteroatoms. The van der Waals surface area contributed by atoms with Crippen molar-refractivity contribution in [3.05, 3.63) is 40.7 Å². The van der Waals surface area contributed by atoms with Crippen molar-refractivity contribution >= 4 is 23.5 Å². The summed E-state index contributed by atoms with van der Waals surface area (Å²) in [6, 6.07) is 6.59. The van der Waals surface area contributed by atoms with Gasteiger partial charge >= 0.3 is 0 Å². The number of nitrogens with zero attached hydrogens (tertiary/aromatic N) is 2. The van der Waals surface area contributed by atoms with Gasteiger partial charge in [-0.1, -0.05) is 17.7 Å². The second-order valence-electron chi connectivity index (χ2n) is 3.10. The van der Waals surface area contributed by atoms with Gasteiger partial charge in [0.1, 0.15) is 0 Å². The molecule has 2 rings (SSSR count). The average Bonchev–Trinajstić information content (AvgIpc) is 2.64. The van der Waals surface area contributed by atoms with Gasteiger partial charge in [-0.2, -0.15) is 4.98 Å². The van der Waals surface area contributed by atoms with Crippen LogP contribution in [-0.4, -0.2) is 16.0 Å². The smallest absolute Gasteiger partial charge is 0.270 e. The highest BCUT2D eigenvalue weighted by Crippen LogP contribution is 2.12. The summed E-state index contributed by atoms with van der Waals surface area (Å²) >= 11 is 5.77. The summed E-state index contributed by atoms with van der Waals surface area (Å²) < 4.78 is 4.72. The van der Waals surface area contributed by atoms with Crippen LogP contribution in [0.5, 0.6) is 0 Å². The molecular weight excluding hydrogens is 230 g/mol. The first-order chi connectivity index (χ1) is 7.65. The monoisotopic (exact) mass is 237 g/mol. The molecule has 0 spiro atoms. The van der Waals surface area contributed by atoms with Gasteiger partial charge in [0, 0.05) is 17.5 Å². The van der Waals surface area contributed by atoms with Gasteiger partial charge in [-0.25, -0.2) is 0 Å². The Balaban J connectivity index is 2.14. The number of halogens is 1. The highest BCUT2D eigenvalue weighted by Gasteiger charge is 2.09. The van der Waals surface area contributed by atoms with Gasteiger partial charge in [-0.05, 0) is 23.4 Å². The highest BCUT2D eigenvalue weighted by atomic mass is 35.5. The SMILES string of the molecule is Cc1nc(NC(=O)c2cccc(Cl)c2)no1. The van der Waals surface area contributed by atoms with Crippen molar-refractivity contribution in [2.75, 3.05) is 5.32 Å². The minimum atomic E-state index is -0.330. The average molecular weight is 238 g/mol. The molecule has 0 atom stereocenters. The lowest BCUT2D eigenvalue weighted by Crippen LogP contribution is -2.12. The van der Waals surface area contributed by atoms with Crippen molar-refractivity contribution in [2.45, 2.75) is 6.92 Å². The Morgan fingerprint density at radius 3 is 2.94 bits per heavy atom. The summed E-state index contributed by atoms with van der Waals surface area (Å²) in [6.45, 7) is 1.64. The molecule has 82 valence electrons. The highest BCUT2D eigenvalue weighted by molar-refractivity contribution is 6.31. The Morgan fingerprint density at radius 1 is 1.50 bits per heavy atom. The van der Waals surface area contributed by atoms with Crippen LogP contribution in [0.15, 0.2) is 28.8 Å². The van der Waals surface area contributed by atoms with Crippen LogP contribution < -0.4 is 5.32 Å². The molecule has 1 N–H and O–H groups in total. The lowest BCUT2D eigenvalue weighted by atomic mass is 10.2.